The monoisotopic (exact) mass is 323 g/mol. The largest absolute Gasteiger partial charge is 0.423 e. The number of aryl methyl sites for hydroxylation is 2. The molecule has 1 saturated heterocycles. The third kappa shape index (κ3) is 2.76. The zero-order valence-corrected chi connectivity index (χ0v) is 14.0. The van der Waals surface area contributed by atoms with Crippen molar-refractivity contribution in [3.05, 3.63) is 64.0 Å². The van der Waals surface area contributed by atoms with Gasteiger partial charge in [-0.15, -0.1) is 0 Å². The summed E-state index contributed by atoms with van der Waals surface area (Å²) in [7, 11) is 0. The molecule has 1 aliphatic heterocycles. The third-order valence-corrected chi connectivity index (χ3v) is 5.03. The molecule has 124 valence electrons. The highest BCUT2D eigenvalue weighted by atomic mass is 16.4. The molecular formula is C19H21N3O2. The van der Waals surface area contributed by atoms with E-state index in [0.717, 1.165) is 42.6 Å². The van der Waals surface area contributed by atoms with E-state index in [1.807, 2.05) is 31.7 Å². The van der Waals surface area contributed by atoms with Crippen LogP contribution in [0.25, 0.3) is 11.0 Å². The summed E-state index contributed by atoms with van der Waals surface area (Å²) >= 11 is 0. The Bertz CT molecular complexity index is 928. The Morgan fingerprint density at radius 2 is 2.08 bits per heavy atom. The van der Waals surface area contributed by atoms with Crippen molar-refractivity contribution in [2.75, 3.05) is 13.1 Å². The Labute approximate surface area is 140 Å². The lowest BCUT2D eigenvalue weighted by molar-refractivity contribution is 0.316. The van der Waals surface area contributed by atoms with Gasteiger partial charge in [-0.2, -0.15) is 0 Å². The second-order valence-electron chi connectivity index (χ2n) is 6.71. The Balaban J connectivity index is 1.63. The van der Waals surface area contributed by atoms with Gasteiger partial charge in [-0.05, 0) is 49.1 Å². The summed E-state index contributed by atoms with van der Waals surface area (Å²) in [5.41, 5.74) is 3.83. The van der Waals surface area contributed by atoms with Crippen LogP contribution < -0.4 is 5.63 Å². The molecule has 1 unspecified atom stereocenters. The van der Waals surface area contributed by atoms with Crippen molar-refractivity contribution < 1.29 is 4.42 Å². The topological polar surface area (TPSA) is 51.3 Å². The molecule has 0 spiro atoms. The maximum absolute atomic E-state index is 11.9. The van der Waals surface area contributed by atoms with Crippen LogP contribution in [0.3, 0.4) is 0 Å². The Kier molecular flexibility index (Phi) is 3.73. The highest BCUT2D eigenvalue weighted by Gasteiger charge is 2.24. The van der Waals surface area contributed by atoms with Gasteiger partial charge >= 0.3 is 5.63 Å². The standard InChI is InChI=1S/C19H21N3O2/c1-13-7-17-15(9-19(23)24-18(17)8-14(13)2)10-21-5-3-16(11-21)22-6-4-20-12-22/h4,6-9,12,16H,3,5,10-11H2,1-2H3. The fourth-order valence-corrected chi connectivity index (χ4v) is 3.54. The molecule has 1 fully saturated rings. The van der Waals surface area contributed by atoms with Crippen LogP contribution in [0.4, 0.5) is 0 Å². The lowest BCUT2D eigenvalue weighted by atomic mass is 10.0. The molecule has 2 aromatic heterocycles. The van der Waals surface area contributed by atoms with Crippen molar-refractivity contribution >= 4 is 11.0 Å². The quantitative estimate of drug-likeness (QED) is 0.695. The number of rotatable bonds is 3. The summed E-state index contributed by atoms with van der Waals surface area (Å²) in [4.78, 5) is 18.5. The molecule has 0 amide bonds. The highest BCUT2D eigenvalue weighted by molar-refractivity contribution is 5.81. The van der Waals surface area contributed by atoms with Gasteiger partial charge < -0.3 is 8.98 Å². The third-order valence-electron chi connectivity index (χ3n) is 5.03. The van der Waals surface area contributed by atoms with E-state index in [9.17, 15) is 4.79 Å². The summed E-state index contributed by atoms with van der Waals surface area (Å²) in [6, 6.07) is 6.20. The molecule has 0 saturated carbocycles. The van der Waals surface area contributed by atoms with Gasteiger partial charge in [0.1, 0.15) is 5.58 Å². The lowest BCUT2D eigenvalue weighted by Gasteiger charge is -2.17. The van der Waals surface area contributed by atoms with E-state index in [4.69, 9.17) is 4.42 Å². The first-order chi connectivity index (χ1) is 11.6. The van der Waals surface area contributed by atoms with Gasteiger partial charge in [0.15, 0.2) is 0 Å². The molecule has 5 nitrogen and oxygen atoms in total. The second kappa shape index (κ2) is 5.91. The van der Waals surface area contributed by atoms with Crippen LogP contribution >= 0.6 is 0 Å². The number of hydrogen-bond acceptors (Lipinski definition) is 4. The summed E-state index contributed by atoms with van der Waals surface area (Å²) < 4.78 is 7.57. The van der Waals surface area contributed by atoms with E-state index in [-0.39, 0.29) is 5.63 Å². The first-order valence-corrected chi connectivity index (χ1v) is 8.34. The van der Waals surface area contributed by atoms with Crippen LogP contribution in [-0.4, -0.2) is 27.5 Å². The highest BCUT2D eigenvalue weighted by Crippen LogP contribution is 2.26. The minimum Gasteiger partial charge on any atom is -0.423 e. The van der Waals surface area contributed by atoms with E-state index in [1.54, 1.807) is 6.07 Å². The molecule has 3 aromatic rings. The minimum absolute atomic E-state index is 0.272. The molecule has 1 atom stereocenters. The van der Waals surface area contributed by atoms with E-state index >= 15 is 0 Å². The SMILES string of the molecule is Cc1cc2oc(=O)cc(CN3CCC(n4ccnc4)C3)c2cc1C. The van der Waals surface area contributed by atoms with E-state index in [0.29, 0.717) is 11.6 Å². The van der Waals surface area contributed by atoms with Gasteiger partial charge in [0.2, 0.25) is 0 Å². The summed E-state index contributed by atoms with van der Waals surface area (Å²) in [6.07, 6.45) is 6.83. The Morgan fingerprint density at radius 1 is 1.25 bits per heavy atom. The number of aromatic nitrogens is 2. The predicted molar refractivity (Wildman–Crippen MR) is 93.1 cm³/mol. The smallest absolute Gasteiger partial charge is 0.336 e. The molecule has 0 bridgehead atoms. The van der Waals surface area contributed by atoms with Crippen molar-refractivity contribution in [2.45, 2.75) is 32.9 Å². The van der Waals surface area contributed by atoms with E-state index in [1.165, 1.54) is 5.56 Å². The van der Waals surface area contributed by atoms with Gasteiger partial charge in [0.05, 0.1) is 6.33 Å². The summed E-state index contributed by atoms with van der Waals surface area (Å²) in [5, 5.41) is 1.05. The molecule has 0 N–H and O–H groups in total. The number of fused-ring (bicyclic) bond motifs is 1. The fraction of sp³-hybridized carbons (Fsp3) is 0.368. The Hall–Kier alpha value is -2.40. The maximum atomic E-state index is 11.9. The van der Waals surface area contributed by atoms with Gasteiger partial charge in [-0.3, -0.25) is 4.90 Å². The first-order valence-electron chi connectivity index (χ1n) is 8.34. The second-order valence-corrected chi connectivity index (χ2v) is 6.71. The van der Waals surface area contributed by atoms with Gasteiger partial charge in [0.25, 0.3) is 0 Å². The van der Waals surface area contributed by atoms with Crippen molar-refractivity contribution in [3.63, 3.8) is 0 Å². The molecule has 1 aromatic carbocycles. The zero-order chi connectivity index (χ0) is 16.7. The van der Waals surface area contributed by atoms with Crippen LogP contribution in [0.15, 0.2) is 46.1 Å². The number of benzene rings is 1. The fourth-order valence-electron chi connectivity index (χ4n) is 3.54. The number of likely N-dealkylation sites (tertiary alicyclic amines) is 1. The Morgan fingerprint density at radius 3 is 2.88 bits per heavy atom. The van der Waals surface area contributed by atoms with Crippen molar-refractivity contribution in [2.24, 2.45) is 0 Å². The molecule has 24 heavy (non-hydrogen) atoms. The van der Waals surface area contributed by atoms with Crippen molar-refractivity contribution in [3.8, 4) is 0 Å². The molecule has 0 radical (unpaired) electrons. The molecule has 0 aliphatic carbocycles. The normalized spacial score (nSPS) is 18.5. The number of nitrogens with zero attached hydrogens (tertiary/aromatic N) is 3. The van der Waals surface area contributed by atoms with Crippen molar-refractivity contribution in [1.29, 1.82) is 0 Å². The number of imidazole rings is 1. The average molecular weight is 323 g/mol. The average Bonchev–Trinajstić information content (AvgIpc) is 3.20. The maximum Gasteiger partial charge on any atom is 0.336 e. The minimum atomic E-state index is -0.272. The molecule has 1 aliphatic rings. The molecule has 5 heteroatoms. The van der Waals surface area contributed by atoms with Crippen LogP contribution in [-0.2, 0) is 6.54 Å². The molecule has 4 rings (SSSR count). The van der Waals surface area contributed by atoms with Crippen molar-refractivity contribution in [1.82, 2.24) is 14.5 Å². The number of hydrogen-bond donors (Lipinski definition) is 0. The van der Waals surface area contributed by atoms with Gasteiger partial charge in [-0.25, -0.2) is 9.78 Å². The van der Waals surface area contributed by atoms with E-state index < -0.39 is 0 Å². The lowest BCUT2D eigenvalue weighted by Crippen LogP contribution is -2.21. The van der Waals surface area contributed by atoms with Crippen LogP contribution in [0, 0.1) is 13.8 Å². The van der Waals surface area contributed by atoms with Crippen LogP contribution in [0.5, 0.6) is 0 Å². The molecular weight excluding hydrogens is 302 g/mol. The summed E-state index contributed by atoms with van der Waals surface area (Å²) in [5.74, 6) is 0. The van der Waals surface area contributed by atoms with Crippen LogP contribution in [0.1, 0.15) is 29.2 Å². The van der Waals surface area contributed by atoms with Gasteiger partial charge in [0, 0.05) is 49.5 Å². The van der Waals surface area contributed by atoms with E-state index in [2.05, 4.69) is 27.4 Å². The van der Waals surface area contributed by atoms with Gasteiger partial charge in [-0.1, -0.05) is 0 Å². The predicted octanol–water partition coefficient (Wildman–Crippen LogP) is 3.05. The summed E-state index contributed by atoms with van der Waals surface area (Å²) in [6.45, 7) is 6.90. The first kappa shape index (κ1) is 15.1. The van der Waals surface area contributed by atoms with Crippen LogP contribution in [0.2, 0.25) is 0 Å². The zero-order valence-electron chi connectivity index (χ0n) is 14.0. The molecule has 3 heterocycles.